The van der Waals surface area contributed by atoms with Crippen molar-refractivity contribution >= 4 is 10.8 Å². The molecule has 1 aromatic rings. The zero-order chi connectivity index (χ0) is 19.4. The third-order valence-electron chi connectivity index (χ3n) is 4.25. The van der Waals surface area contributed by atoms with Crippen molar-refractivity contribution in [3.8, 4) is 5.75 Å². The van der Waals surface area contributed by atoms with Crippen molar-refractivity contribution in [1.82, 2.24) is 0 Å². The first kappa shape index (κ1) is 22.4. The van der Waals surface area contributed by atoms with E-state index in [9.17, 15) is 9.32 Å². The van der Waals surface area contributed by atoms with Crippen LogP contribution in [0.3, 0.4) is 0 Å². The topological polar surface area (TPSA) is 37.3 Å². The zero-order valence-electron chi connectivity index (χ0n) is 16.8. The smallest absolute Gasteiger partial charge is 0.115 e. The van der Waals surface area contributed by atoms with Crippen LogP contribution < -0.4 is 0 Å². The molecule has 0 saturated heterocycles. The quantitative estimate of drug-likeness (QED) is 0.346. The molecule has 1 N–H and O–H groups in total. The van der Waals surface area contributed by atoms with Crippen LogP contribution in [0.2, 0.25) is 0 Å². The van der Waals surface area contributed by atoms with Crippen LogP contribution in [0, 0.1) is 0 Å². The van der Waals surface area contributed by atoms with Gasteiger partial charge in [0.2, 0.25) is 0 Å². The second kappa shape index (κ2) is 12.7. The van der Waals surface area contributed by atoms with Crippen LogP contribution in [0.4, 0.5) is 0 Å². The van der Waals surface area contributed by atoms with Gasteiger partial charge in [-0.1, -0.05) is 34.9 Å². The maximum Gasteiger partial charge on any atom is 0.115 e. The molecule has 3 heteroatoms. The van der Waals surface area contributed by atoms with Gasteiger partial charge >= 0.3 is 0 Å². The molecule has 1 unspecified atom stereocenters. The van der Waals surface area contributed by atoms with Gasteiger partial charge in [0.05, 0.1) is 10.8 Å². The van der Waals surface area contributed by atoms with Crippen LogP contribution >= 0.6 is 0 Å². The molecule has 1 atom stereocenters. The van der Waals surface area contributed by atoms with E-state index in [0.29, 0.717) is 5.75 Å². The Morgan fingerprint density at radius 1 is 0.885 bits per heavy atom. The molecule has 0 heterocycles. The minimum atomic E-state index is -0.979. The zero-order valence-corrected chi connectivity index (χ0v) is 17.6. The minimum absolute atomic E-state index is 0.213. The number of rotatable bonds is 11. The van der Waals surface area contributed by atoms with E-state index in [2.05, 4.69) is 45.9 Å². The average molecular weight is 375 g/mol. The second-order valence-corrected chi connectivity index (χ2v) is 8.72. The summed E-state index contributed by atoms with van der Waals surface area (Å²) in [5.74, 6) is 0.878. The fraction of sp³-hybridized carbons (Fsp3) is 0.478. The summed E-state index contributed by atoms with van der Waals surface area (Å²) in [6, 6.07) is 6.65. The molecule has 0 aliphatic carbocycles. The molecular formula is C23H34O2S. The maximum atomic E-state index is 12.2. The van der Waals surface area contributed by atoms with Gasteiger partial charge in [0.25, 0.3) is 0 Å². The van der Waals surface area contributed by atoms with Gasteiger partial charge in [0.1, 0.15) is 5.75 Å². The van der Waals surface area contributed by atoms with Crippen molar-refractivity contribution in [2.24, 2.45) is 0 Å². The molecule has 1 rings (SSSR count). The maximum absolute atomic E-state index is 12.2. The lowest BCUT2D eigenvalue weighted by Crippen LogP contribution is -1.97. The Hall–Kier alpha value is -1.61. The van der Waals surface area contributed by atoms with Gasteiger partial charge in [-0.25, -0.2) is 0 Å². The van der Waals surface area contributed by atoms with E-state index in [-0.39, 0.29) is 5.75 Å². The predicted molar refractivity (Wildman–Crippen MR) is 114 cm³/mol. The van der Waals surface area contributed by atoms with Crippen LogP contribution in [0.15, 0.2) is 64.1 Å². The largest absolute Gasteiger partial charge is 0.508 e. The van der Waals surface area contributed by atoms with E-state index in [0.717, 1.165) is 43.4 Å². The Bertz CT molecular complexity index is 647. The fourth-order valence-electron chi connectivity index (χ4n) is 2.62. The van der Waals surface area contributed by atoms with Crippen LogP contribution in [0.5, 0.6) is 5.75 Å². The van der Waals surface area contributed by atoms with Crippen molar-refractivity contribution in [3.05, 3.63) is 59.2 Å². The lowest BCUT2D eigenvalue weighted by atomic mass is 10.1. The highest BCUT2D eigenvalue weighted by molar-refractivity contribution is 7.85. The molecule has 0 radical (unpaired) electrons. The monoisotopic (exact) mass is 374 g/mol. The number of allylic oxidation sites excluding steroid dienone is 6. The summed E-state index contributed by atoms with van der Waals surface area (Å²) in [6.45, 7) is 8.70. The summed E-state index contributed by atoms with van der Waals surface area (Å²) in [5.41, 5.74) is 4.27. The Morgan fingerprint density at radius 3 is 2.00 bits per heavy atom. The van der Waals surface area contributed by atoms with Crippen LogP contribution in [-0.2, 0) is 10.8 Å². The standard InChI is InChI=1S/C23H34O2S/c1-19(2)9-7-11-21(4)13-8-12-20(3)10-5-6-18-26(25)23-16-14-22(24)15-17-23/h9-10,13-17,24H,5-8,11-12,18H2,1-4H3. The van der Waals surface area contributed by atoms with Crippen molar-refractivity contribution in [1.29, 1.82) is 0 Å². The van der Waals surface area contributed by atoms with Crippen molar-refractivity contribution in [2.75, 3.05) is 5.75 Å². The van der Waals surface area contributed by atoms with Gasteiger partial charge < -0.3 is 5.11 Å². The fourth-order valence-corrected chi connectivity index (χ4v) is 3.72. The molecule has 0 aliphatic heterocycles. The molecule has 0 saturated carbocycles. The molecule has 0 spiro atoms. The highest BCUT2D eigenvalue weighted by Gasteiger charge is 2.03. The number of unbranched alkanes of at least 4 members (excludes halogenated alkanes) is 1. The van der Waals surface area contributed by atoms with Gasteiger partial charge in [-0.15, -0.1) is 0 Å². The molecule has 0 fully saturated rings. The first-order chi connectivity index (χ1) is 12.4. The van der Waals surface area contributed by atoms with Crippen molar-refractivity contribution < 1.29 is 9.32 Å². The predicted octanol–water partition coefficient (Wildman–Crippen LogP) is 6.70. The van der Waals surface area contributed by atoms with Gasteiger partial charge in [0.15, 0.2) is 0 Å². The lowest BCUT2D eigenvalue weighted by molar-refractivity contribution is 0.475. The second-order valence-electron chi connectivity index (χ2n) is 7.15. The van der Waals surface area contributed by atoms with Crippen molar-refractivity contribution in [3.63, 3.8) is 0 Å². The summed E-state index contributed by atoms with van der Waals surface area (Å²) in [6.07, 6.45) is 13.3. The highest BCUT2D eigenvalue weighted by Crippen LogP contribution is 2.15. The van der Waals surface area contributed by atoms with Gasteiger partial charge in [-0.05, 0) is 90.5 Å². The lowest BCUT2D eigenvalue weighted by Gasteiger charge is -2.03. The molecule has 1 aromatic carbocycles. The molecule has 2 nitrogen and oxygen atoms in total. The highest BCUT2D eigenvalue weighted by atomic mass is 32.2. The third-order valence-corrected chi connectivity index (χ3v) is 5.71. The summed E-state index contributed by atoms with van der Waals surface area (Å²) in [7, 11) is -0.979. The van der Waals surface area contributed by atoms with Crippen LogP contribution in [0.25, 0.3) is 0 Å². The van der Waals surface area contributed by atoms with Crippen molar-refractivity contribution in [2.45, 2.75) is 71.1 Å². The molecule has 144 valence electrons. The summed E-state index contributed by atoms with van der Waals surface area (Å²) >= 11 is 0. The molecule has 26 heavy (non-hydrogen) atoms. The average Bonchev–Trinajstić information content (AvgIpc) is 2.59. The Kier molecular flexibility index (Phi) is 11.0. The van der Waals surface area contributed by atoms with Gasteiger partial charge in [0, 0.05) is 10.6 Å². The Morgan fingerprint density at radius 2 is 1.42 bits per heavy atom. The number of aromatic hydroxyl groups is 1. The molecule has 0 bridgehead atoms. The first-order valence-corrected chi connectivity index (χ1v) is 10.8. The van der Waals surface area contributed by atoms with E-state index >= 15 is 0 Å². The minimum Gasteiger partial charge on any atom is -0.508 e. The summed E-state index contributed by atoms with van der Waals surface area (Å²) in [5, 5.41) is 9.27. The first-order valence-electron chi connectivity index (χ1n) is 9.50. The van der Waals surface area contributed by atoms with Crippen LogP contribution in [-0.4, -0.2) is 15.1 Å². The summed E-state index contributed by atoms with van der Waals surface area (Å²) in [4.78, 5) is 0.789. The van der Waals surface area contributed by atoms with Gasteiger partial charge in [-0.2, -0.15) is 0 Å². The van der Waals surface area contributed by atoms with Crippen LogP contribution in [0.1, 0.15) is 66.2 Å². The normalized spacial score (nSPS) is 13.5. The van der Waals surface area contributed by atoms with E-state index in [1.165, 1.54) is 16.7 Å². The number of phenols is 1. The number of hydrogen-bond acceptors (Lipinski definition) is 2. The molecule has 0 aromatic heterocycles. The Balaban J connectivity index is 2.24. The van der Waals surface area contributed by atoms with E-state index in [4.69, 9.17) is 0 Å². The number of phenolic OH excluding ortho intramolecular Hbond substituents is 1. The van der Waals surface area contributed by atoms with Gasteiger partial charge in [-0.3, -0.25) is 4.21 Å². The molecule has 0 aliphatic rings. The third kappa shape index (κ3) is 10.4. The molecule has 0 amide bonds. The van der Waals surface area contributed by atoms with E-state index in [1.54, 1.807) is 24.3 Å². The Labute approximate surface area is 162 Å². The number of hydrogen-bond donors (Lipinski definition) is 1. The van der Waals surface area contributed by atoms with E-state index < -0.39 is 10.8 Å². The summed E-state index contributed by atoms with van der Waals surface area (Å²) < 4.78 is 12.2. The molecular weight excluding hydrogens is 340 g/mol. The number of benzene rings is 1. The SMILES string of the molecule is CC(C)=CCCC(C)=CCCC(C)=CCCCS(=O)c1ccc(O)cc1. The van der Waals surface area contributed by atoms with E-state index in [1.807, 2.05) is 0 Å².